The van der Waals surface area contributed by atoms with Crippen molar-refractivity contribution in [3.8, 4) is 0 Å². The van der Waals surface area contributed by atoms with Crippen LogP contribution in [0.3, 0.4) is 0 Å². The van der Waals surface area contributed by atoms with E-state index >= 15 is 0 Å². The highest BCUT2D eigenvalue weighted by atomic mass is 16.6. The van der Waals surface area contributed by atoms with Crippen molar-refractivity contribution in [2.45, 2.75) is 111 Å². The van der Waals surface area contributed by atoms with Gasteiger partial charge in [-0.2, -0.15) is 0 Å². The van der Waals surface area contributed by atoms with Crippen LogP contribution in [0, 0.1) is 11.8 Å². The molecule has 0 aliphatic heterocycles. The molecule has 0 bridgehead atoms. The van der Waals surface area contributed by atoms with Crippen LogP contribution in [-0.4, -0.2) is 65.5 Å². The Bertz CT molecular complexity index is 814. The van der Waals surface area contributed by atoms with Gasteiger partial charge in [0, 0.05) is 7.05 Å². The van der Waals surface area contributed by atoms with Crippen molar-refractivity contribution in [3.63, 3.8) is 0 Å². The molecule has 0 radical (unpaired) electrons. The van der Waals surface area contributed by atoms with Gasteiger partial charge in [0.25, 0.3) is 0 Å². The molecule has 0 saturated carbocycles. The maximum Gasteiger partial charge on any atom is 0.408 e. The number of carbonyl (C=O) groups is 5. The quantitative estimate of drug-likeness (QED) is 0.283. The lowest BCUT2D eigenvalue weighted by atomic mass is 9.96. The van der Waals surface area contributed by atoms with Gasteiger partial charge in [-0.15, -0.1) is 0 Å². The molecule has 0 heterocycles. The average molecular weight is 514 g/mol. The molecule has 208 valence electrons. The van der Waals surface area contributed by atoms with E-state index in [1.165, 1.54) is 34.7 Å². The number of carbonyl (C=O) groups excluding carboxylic acids is 5. The topological polar surface area (TPSA) is 155 Å². The number of alkyl carbamates (subject to hydrolysis) is 1. The molecule has 0 aromatic heterocycles. The summed E-state index contributed by atoms with van der Waals surface area (Å²) < 4.78 is 5.24. The molecule has 36 heavy (non-hydrogen) atoms. The molecule has 0 rings (SSSR count). The Kier molecular flexibility index (Phi) is 11.9. The molecular formula is C25H47N5O6. The number of ether oxygens (including phenoxy) is 1. The zero-order chi connectivity index (χ0) is 28.6. The molecule has 11 nitrogen and oxygen atoms in total. The van der Waals surface area contributed by atoms with Crippen molar-refractivity contribution in [2.75, 3.05) is 7.05 Å². The molecular weight excluding hydrogens is 466 g/mol. The summed E-state index contributed by atoms with van der Waals surface area (Å²) in [6, 6.07) is -1.70. The Morgan fingerprint density at radius 1 is 0.722 bits per heavy atom. The fourth-order valence-electron chi connectivity index (χ4n) is 3.12. The highest BCUT2D eigenvalue weighted by Crippen LogP contribution is 2.13. The summed E-state index contributed by atoms with van der Waals surface area (Å²) >= 11 is 0. The van der Waals surface area contributed by atoms with Crippen LogP contribution in [0.4, 0.5) is 4.79 Å². The fourth-order valence-corrected chi connectivity index (χ4v) is 3.12. The van der Waals surface area contributed by atoms with E-state index < -0.39 is 52.6 Å². The molecule has 5 amide bonds. The second kappa shape index (κ2) is 12.9. The lowest BCUT2D eigenvalue weighted by Crippen LogP contribution is -2.65. The van der Waals surface area contributed by atoms with E-state index in [2.05, 4.69) is 26.6 Å². The first-order valence-electron chi connectivity index (χ1n) is 12.3. The van der Waals surface area contributed by atoms with Crippen LogP contribution in [-0.2, 0) is 23.9 Å². The van der Waals surface area contributed by atoms with E-state index in [1.54, 1.807) is 34.6 Å². The minimum atomic E-state index is -1.42. The van der Waals surface area contributed by atoms with Crippen LogP contribution >= 0.6 is 0 Å². The van der Waals surface area contributed by atoms with Crippen molar-refractivity contribution >= 4 is 29.7 Å². The Hall–Kier alpha value is -2.85. The third-order valence-electron chi connectivity index (χ3n) is 5.19. The Morgan fingerprint density at radius 2 is 1.22 bits per heavy atom. The molecule has 0 aliphatic carbocycles. The predicted molar refractivity (Wildman–Crippen MR) is 138 cm³/mol. The Balaban J connectivity index is 5.42. The molecule has 0 saturated heterocycles. The lowest BCUT2D eigenvalue weighted by Gasteiger charge is -2.34. The molecule has 2 atom stereocenters. The summed E-state index contributed by atoms with van der Waals surface area (Å²) in [6.07, 6.45) is -0.318. The SMILES string of the molecule is CNC(=O)[C@H](CC(C)C)NC(=O)C(C)(C)NC(=O)C(C)(C)NC(=O)[C@@H](NC(=O)OC(C)(C)C)C(C)C. The summed E-state index contributed by atoms with van der Waals surface area (Å²) in [6.45, 7) is 18.5. The number of nitrogens with one attached hydrogen (secondary N) is 5. The second-order valence-corrected chi connectivity index (χ2v) is 11.8. The molecule has 11 heteroatoms. The number of rotatable bonds is 11. The summed E-state index contributed by atoms with van der Waals surface area (Å²) in [5.41, 5.74) is -3.54. The van der Waals surface area contributed by atoms with Gasteiger partial charge < -0.3 is 31.3 Å². The van der Waals surface area contributed by atoms with Gasteiger partial charge in [-0.25, -0.2) is 4.79 Å². The average Bonchev–Trinajstić information content (AvgIpc) is 2.68. The van der Waals surface area contributed by atoms with E-state index in [4.69, 9.17) is 4.74 Å². The van der Waals surface area contributed by atoms with Crippen LogP contribution < -0.4 is 26.6 Å². The van der Waals surface area contributed by atoms with Crippen LogP contribution in [0.25, 0.3) is 0 Å². The highest BCUT2D eigenvalue weighted by Gasteiger charge is 2.39. The van der Waals surface area contributed by atoms with Crippen LogP contribution in [0.15, 0.2) is 0 Å². The monoisotopic (exact) mass is 513 g/mol. The Labute approximate surface area is 215 Å². The van der Waals surface area contributed by atoms with E-state index in [0.717, 1.165) is 0 Å². The van der Waals surface area contributed by atoms with Crippen LogP contribution in [0.1, 0.15) is 82.6 Å². The van der Waals surface area contributed by atoms with Crippen molar-refractivity contribution in [2.24, 2.45) is 11.8 Å². The maximum absolute atomic E-state index is 13.1. The van der Waals surface area contributed by atoms with Gasteiger partial charge in [0.15, 0.2) is 0 Å². The first-order chi connectivity index (χ1) is 16.1. The van der Waals surface area contributed by atoms with Gasteiger partial charge in [0.2, 0.25) is 23.6 Å². The number of amides is 5. The largest absolute Gasteiger partial charge is 0.444 e. The fraction of sp³-hybridized carbons (Fsp3) is 0.800. The number of hydrogen-bond acceptors (Lipinski definition) is 6. The van der Waals surface area contributed by atoms with Gasteiger partial charge in [0.1, 0.15) is 28.8 Å². The van der Waals surface area contributed by atoms with E-state index in [-0.39, 0.29) is 17.7 Å². The van der Waals surface area contributed by atoms with E-state index in [1.807, 2.05) is 13.8 Å². The third kappa shape index (κ3) is 11.3. The molecule has 0 aliphatic rings. The normalized spacial score (nSPS) is 13.9. The minimum Gasteiger partial charge on any atom is -0.444 e. The van der Waals surface area contributed by atoms with Crippen LogP contribution in [0.2, 0.25) is 0 Å². The van der Waals surface area contributed by atoms with E-state index in [9.17, 15) is 24.0 Å². The first kappa shape index (κ1) is 33.1. The van der Waals surface area contributed by atoms with Crippen molar-refractivity contribution in [3.05, 3.63) is 0 Å². The zero-order valence-electron chi connectivity index (χ0n) is 24.0. The third-order valence-corrected chi connectivity index (χ3v) is 5.19. The first-order valence-corrected chi connectivity index (χ1v) is 12.3. The second-order valence-electron chi connectivity index (χ2n) is 11.8. The summed E-state index contributed by atoms with van der Waals surface area (Å²) in [5, 5.41) is 13.1. The highest BCUT2D eigenvalue weighted by molar-refractivity contribution is 5.98. The number of hydrogen-bond donors (Lipinski definition) is 5. The number of likely N-dealkylation sites (N-methyl/N-ethyl adjacent to an activating group) is 1. The maximum atomic E-state index is 13.1. The van der Waals surface area contributed by atoms with Crippen molar-refractivity contribution < 1.29 is 28.7 Å². The van der Waals surface area contributed by atoms with Gasteiger partial charge in [-0.05, 0) is 66.7 Å². The summed E-state index contributed by atoms with van der Waals surface area (Å²) in [4.78, 5) is 63.4. The molecule has 0 fully saturated rings. The van der Waals surface area contributed by atoms with E-state index in [0.29, 0.717) is 6.42 Å². The summed E-state index contributed by atoms with van der Waals surface area (Å²) in [5.74, 6) is -2.20. The summed E-state index contributed by atoms with van der Waals surface area (Å²) in [7, 11) is 1.49. The standard InChI is InChI=1S/C25H47N5O6/c1-14(2)13-16(18(31)26-12)27-20(33)24(8,9)30-21(34)25(10,11)29-19(32)17(15(3)4)28-22(35)36-23(5,6)7/h14-17H,13H2,1-12H3,(H,26,31)(H,27,33)(H,28,35)(H,29,32)(H,30,34)/t16-,17-/m0/s1. The van der Waals surface area contributed by atoms with Crippen molar-refractivity contribution in [1.82, 2.24) is 26.6 Å². The minimum absolute atomic E-state index is 0.155. The van der Waals surface area contributed by atoms with Gasteiger partial charge in [-0.1, -0.05) is 27.7 Å². The van der Waals surface area contributed by atoms with Crippen molar-refractivity contribution in [1.29, 1.82) is 0 Å². The Morgan fingerprint density at radius 3 is 1.64 bits per heavy atom. The van der Waals surface area contributed by atoms with Crippen LogP contribution in [0.5, 0.6) is 0 Å². The molecule has 5 N–H and O–H groups in total. The molecule has 0 spiro atoms. The van der Waals surface area contributed by atoms with Gasteiger partial charge >= 0.3 is 6.09 Å². The van der Waals surface area contributed by atoms with Gasteiger partial charge in [0.05, 0.1) is 0 Å². The molecule has 0 aromatic rings. The molecule has 0 aromatic carbocycles. The zero-order valence-corrected chi connectivity index (χ0v) is 24.0. The van der Waals surface area contributed by atoms with Gasteiger partial charge in [-0.3, -0.25) is 19.2 Å². The predicted octanol–water partition coefficient (Wildman–Crippen LogP) is 1.60. The smallest absolute Gasteiger partial charge is 0.408 e. The lowest BCUT2D eigenvalue weighted by molar-refractivity contribution is -0.138. The molecule has 0 unspecified atom stereocenters.